The number of rotatable bonds is 4. The Kier molecular flexibility index (Phi) is 5.02. The van der Waals surface area contributed by atoms with E-state index in [1.165, 1.54) is 17.8 Å². The first-order chi connectivity index (χ1) is 11.1. The summed E-state index contributed by atoms with van der Waals surface area (Å²) in [5, 5.41) is 1.16. The van der Waals surface area contributed by atoms with Crippen LogP contribution in [0.1, 0.15) is 47.8 Å². The number of hydrogen-bond acceptors (Lipinski definition) is 6. The molecule has 1 fully saturated rings. The molecule has 0 aliphatic carbocycles. The predicted octanol–water partition coefficient (Wildman–Crippen LogP) is 4.21. The van der Waals surface area contributed by atoms with Gasteiger partial charge in [0.15, 0.2) is 0 Å². The van der Waals surface area contributed by atoms with Crippen LogP contribution >= 0.6 is 22.9 Å². The normalized spacial score (nSPS) is 15.2. The van der Waals surface area contributed by atoms with E-state index in [4.69, 9.17) is 16.3 Å². The van der Waals surface area contributed by atoms with Crippen molar-refractivity contribution in [2.24, 2.45) is 0 Å². The van der Waals surface area contributed by atoms with Crippen molar-refractivity contribution in [3.05, 3.63) is 15.7 Å². The van der Waals surface area contributed by atoms with E-state index in [1.54, 1.807) is 0 Å². The number of halogens is 1. The molecule has 0 amide bonds. The second-order valence-corrected chi connectivity index (χ2v) is 7.07. The maximum Gasteiger partial charge on any atom is 0.348 e. The van der Waals surface area contributed by atoms with Crippen molar-refractivity contribution in [1.29, 1.82) is 0 Å². The molecule has 3 heterocycles. The molecule has 0 spiro atoms. The third kappa shape index (κ3) is 3.28. The molecule has 3 rings (SSSR count). The number of piperidine rings is 1. The van der Waals surface area contributed by atoms with Gasteiger partial charge in [0, 0.05) is 13.1 Å². The number of hydrogen-bond donors (Lipinski definition) is 0. The number of aryl methyl sites for hydroxylation is 1. The number of aromatic nitrogens is 2. The van der Waals surface area contributed by atoms with Gasteiger partial charge in [-0.25, -0.2) is 9.78 Å². The molecular formula is C16H20ClN3O2S. The van der Waals surface area contributed by atoms with Crippen LogP contribution < -0.4 is 4.90 Å². The van der Waals surface area contributed by atoms with Crippen LogP contribution in [-0.4, -0.2) is 35.6 Å². The Hall–Kier alpha value is -1.40. The molecular weight excluding hydrogens is 334 g/mol. The van der Waals surface area contributed by atoms with Crippen molar-refractivity contribution in [1.82, 2.24) is 9.97 Å². The zero-order valence-corrected chi connectivity index (χ0v) is 15.0. The van der Waals surface area contributed by atoms with Gasteiger partial charge in [-0.15, -0.1) is 11.3 Å². The molecule has 0 atom stereocenters. The van der Waals surface area contributed by atoms with Gasteiger partial charge in [-0.1, -0.05) is 6.92 Å². The lowest BCUT2D eigenvalue weighted by Crippen LogP contribution is -2.30. The van der Waals surface area contributed by atoms with Gasteiger partial charge >= 0.3 is 5.97 Å². The van der Waals surface area contributed by atoms with Gasteiger partial charge in [0.05, 0.1) is 12.0 Å². The molecule has 0 aromatic carbocycles. The van der Waals surface area contributed by atoms with Crippen LogP contribution in [0, 0.1) is 6.92 Å². The number of carbonyl (C=O) groups excluding carboxylic acids is 1. The number of carbonyl (C=O) groups is 1. The molecule has 2 aromatic rings. The smallest absolute Gasteiger partial charge is 0.348 e. The second-order valence-electron chi connectivity index (χ2n) is 5.74. The highest BCUT2D eigenvalue weighted by molar-refractivity contribution is 7.20. The number of nitrogens with zero attached hydrogens (tertiary/aromatic N) is 3. The summed E-state index contributed by atoms with van der Waals surface area (Å²) in [7, 11) is 0. The fraction of sp³-hybridized carbons (Fsp3) is 0.562. The summed E-state index contributed by atoms with van der Waals surface area (Å²) in [4.78, 5) is 24.6. The molecule has 2 aromatic heterocycles. The summed E-state index contributed by atoms with van der Waals surface area (Å²) in [6.07, 6.45) is 4.35. The van der Waals surface area contributed by atoms with E-state index in [2.05, 4.69) is 14.9 Å². The molecule has 0 radical (unpaired) electrons. The van der Waals surface area contributed by atoms with E-state index < -0.39 is 0 Å². The van der Waals surface area contributed by atoms with E-state index >= 15 is 0 Å². The summed E-state index contributed by atoms with van der Waals surface area (Å²) < 4.78 is 5.28. The largest absolute Gasteiger partial charge is 0.462 e. The van der Waals surface area contributed by atoms with Crippen LogP contribution in [0.3, 0.4) is 0 Å². The monoisotopic (exact) mass is 353 g/mol. The molecule has 0 saturated carbocycles. The van der Waals surface area contributed by atoms with Crippen LogP contribution in [0.2, 0.25) is 5.28 Å². The summed E-state index contributed by atoms with van der Waals surface area (Å²) in [6.45, 7) is 6.27. The zero-order valence-electron chi connectivity index (χ0n) is 13.4. The van der Waals surface area contributed by atoms with Gasteiger partial charge in [-0.2, -0.15) is 4.98 Å². The Bertz CT molecular complexity index is 726. The lowest BCUT2D eigenvalue weighted by atomic mass is 10.1. The summed E-state index contributed by atoms with van der Waals surface area (Å²) in [6, 6.07) is 0. The first-order valence-corrected chi connectivity index (χ1v) is 9.20. The number of fused-ring (bicyclic) bond motifs is 1. The Morgan fingerprint density at radius 3 is 2.74 bits per heavy atom. The fourth-order valence-electron chi connectivity index (χ4n) is 2.88. The Morgan fingerprint density at radius 2 is 2.04 bits per heavy atom. The highest BCUT2D eigenvalue weighted by Crippen LogP contribution is 2.37. The van der Waals surface area contributed by atoms with Gasteiger partial charge in [0.25, 0.3) is 0 Å². The minimum atomic E-state index is -0.284. The minimum absolute atomic E-state index is 0.229. The molecule has 0 bridgehead atoms. The molecule has 124 valence electrons. The van der Waals surface area contributed by atoms with Crippen molar-refractivity contribution >= 4 is 44.9 Å². The molecule has 0 unspecified atom stereocenters. The van der Waals surface area contributed by atoms with Crippen LogP contribution in [0.5, 0.6) is 0 Å². The highest BCUT2D eigenvalue weighted by Gasteiger charge is 2.24. The third-order valence-corrected chi connectivity index (χ3v) is 5.36. The molecule has 1 aliphatic rings. The van der Waals surface area contributed by atoms with Crippen LogP contribution in [0.4, 0.5) is 5.82 Å². The first-order valence-electron chi connectivity index (χ1n) is 8.00. The molecule has 1 saturated heterocycles. The molecule has 0 N–H and O–H groups in total. The van der Waals surface area contributed by atoms with E-state index in [0.717, 1.165) is 53.9 Å². The SMILES string of the molecule is CCCOC(=O)c1sc2nc(Cl)nc(N3CCCCC3)c2c1C. The minimum Gasteiger partial charge on any atom is -0.462 e. The van der Waals surface area contributed by atoms with Crippen LogP contribution in [0.15, 0.2) is 0 Å². The molecule has 5 nitrogen and oxygen atoms in total. The van der Waals surface area contributed by atoms with Crippen LogP contribution in [0.25, 0.3) is 10.2 Å². The van der Waals surface area contributed by atoms with Crippen molar-refractivity contribution < 1.29 is 9.53 Å². The van der Waals surface area contributed by atoms with Crippen LogP contribution in [-0.2, 0) is 4.74 Å². The van der Waals surface area contributed by atoms with Crippen molar-refractivity contribution in [2.45, 2.75) is 39.5 Å². The Balaban J connectivity index is 2.06. The number of ether oxygens (including phenoxy) is 1. The quantitative estimate of drug-likeness (QED) is 0.608. The van der Waals surface area contributed by atoms with Gasteiger partial charge in [-0.3, -0.25) is 0 Å². The molecule has 23 heavy (non-hydrogen) atoms. The topological polar surface area (TPSA) is 55.3 Å². The fourth-order valence-corrected chi connectivity index (χ4v) is 4.17. The van der Waals surface area contributed by atoms with Gasteiger partial charge in [0.1, 0.15) is 15.5 Å². The maximum atomic E-state index is 12.3. The van der Waals surface area contributed by atoms with E-state index in [1.807, 2.05) is 13.8 Å². The summed E-state index contributed by atoms with van der Waals surface area (Å²) >= 11 is 7.45. The molecule has 7 heteroatoms. The average molecular weight is 354 g/mol. The molecule has 1 aliphatic heterocycles. The van der Waals surface area contributed by atoms with Crippen molar-refractivity contribution in [3.63, 3.8) is 0 Å². The summed E-state index contributed by atoms with van der Waals surface area (Å²) in [5.41, 5.74) is 0.892. The van der Waals surface area contributed by atoms with Crippen molar-refractivity contribution in [2.75, 3.05) is 24.6 Å². The maximum absolute atomic E-state index is 12.3. The number of anilines is 1. The van der Waals surface area contributed by atoms with Gasteiger partial charge in [-0.05, 0) is 49.8 Å². The summed E-state index contributed by atoms with van der Waals surface area (Å²) in [5.74, 6) is 0.566. The average Bonchev–Trinajstić information content (AvgIpc) is 2.89. The van der Waals surface area contributed by atoms with Gasteiger partial charge < -0.3 is 9.64 Å². The van der Waals surface area contributed by atoms with E-state index in [9.17, 15) is 4.79 Å². The highest BCUT2D eigenvalue weighted by atomic mass is 35.5. The number of thiophene rings is 1. The zero-order chi connectivity index (χ0) is 16.4. The van der Waals surface area contributed by atoms with Crippen molar-refractivity contribution in [3.8, 4) is 0 Å². The predicted molar refractivity (Wildman–Crippen MR) is 93.8 cm³/mol. The Morgan fingerprint density at radius 1 is 1.30 bits per heavy atom. The lowest BCUT2D eigenvalue weighted by Gasteiger charge is -2.28. The Labute approximate surface area is 144 Å². The van der Waals surface area contributed by atoms with E-state index in [0.29, 0.717) is 11.5 Å². The van der Waals surface area contributed by atoms with E-state index in [-0.39, 0.29) is 11.3 Å². The standard InChI is InChI=1S/C16H20ClN3O2S/c1-3-9-22-15(21)12-10(2)11-13(20-7-5-4-6-8-20)18-16(17)19-14(11)23-12/h3-9H2,1-2H3. The lowest BCUT2D eigenvalue weighted by molar-refractivity contribution is 0.0510. The first kappa shape index (κ1) is 16.5. The third-order valence-electron chi connectivity index (χ3n) is 4.02. The second kappa shape index (κ2) is 7.01. The number of esters is 1. The van der Waals surface area contributed by atoms with Gasteiger partial charge in [0.2, 0.25) is 5.28 Å².